The number of aliphatic imine (C=N–C) groups is 1. The molecule has 6 heteroatoms. The lowest BCUT2D eigenvalue weighted by Gasteiger charge is -2.21. The Kier molecular flexibility index (Phi) is 6.09. The third-order valence-electron chi connectivity index (χ3n) is 4.87. The van der Waals surface area contributed by atoms with Crippen LogP contribution in [-0.4, -0.2) is 35.7 Å². The van der Waals surface area contributed by atoms with Crippen LogP contribution < -0.4 is 10.6 Å². The van der Waals surface area contributed by atoms with Crippen molar-refractivity contribution in [3.05, 3.63) is 59.2 Å². The summed E-state index contributed by atoms with van der Waals surface area (Å²) in [4.78, 5) is 7.89. The molecule has 28 heavy (non-hydrogen) atoms. The number of hydrogen-bond donors (Lipinski definition) is 4. The number of hydrogen-bond acceptors (Lipinski definition) is 3. The van der Waals surface area contributed by atoms with E-state index in [0.717, 1.165) is 42.1 Å². The quantitative estimate of drug-likeness (QED) is 0.373. The molecule has 3 rings (SSSR count). The molecule has 4 N–H and O–H groups in total. The van der Waals surface area contributed by atoms with E-state index in [-0.39, 0.29) is 6.54 Å². The fourth-order valence-corrected chi connectivity index (χ4v) is 3.48. The molecule has 1 atom stereocenters. The van der Waals surface area contributed by atoms with Gasteiger partial charge in [0.1, 0.15) is 17.1 Å². The minimum atomic E-state index is -1.08. The number of H-pyrrole nitrogens is 1. The van der Waals surface area contributed by atoms with E-state index in [1.165, 1.54) is 10.9 Å². The normalized spacial score (nSPS) is 14.2. The summed E-state index contributed by atoms with van der Waals surface area (Å²) in [6.07, 6.45) is 2.94. The Morgan fingerprint density at radius 1 is 1.25 bits per heavy atom. The third kappa shape index (κ3) is 4.57. The summed E-state index contributed by atoms with van der Waals surface area (Å²) in [7, 11) is 0. The van der Waals surface area contributed by atoms with Gasteiger partial charge in [-0.1, -0.05) is 18.2 Å². The Morgan fingerprint density at radius 3 is 2.75 bits per heavy atom. The molecular formula is C22H30N4O2. The van der Waals surface area contributed by atoms with Gasteiger partial charge in [0.2, 0.25) is 0 Å². The van der Waals surface area contributed by atoms with Crippen molar-refractivity contribution in [2.45, 2.75) is 39.7 Å². The lowest BCUT2D eigenvalue weighted by atomic mass is 9.96. The van der Waals surface area contributed by atoms with Crippen LogP contribution in [0.15, 0.2) is 45.9 Å². The molecule has 0 aliphatic rings. The molecule has 0 aliphatic heterocycles. The van der Waals surface area contributed by atoms with E-state index in [2.05, 4.69) is 45.0 Å². The number of para-hydroxylation sites is 1. The van der Waals surface area contributed by atoms with Gasteiger partial charge in [-0.25, -0.2) is 4.99 Å². The Bertz CT molecular complexity index is 953. The molecule has 150 valence electrons. The molecule has 0 saturated heterocycles. The number of nitrogens with zero attached hydrogens (tertiary/aromatic N) is 1. The van der Waals surface area contributed by atoms with Crippen LogP contribution in [-0.2, 0) is 12.0 Å². The molecule has 0 aliphatic carbocycles. The van der Waals surface area contributed by atoms with Gasteiger partial charge in [-0.15, -0.1) is 0 Å². The molecule has 6 nitrogen and oxygen atoms in total. The first-order valence-corrected chi connectivity index (χ1v) is 9.78. The summed E-state index contributed by atoms with van der Waals surface area (Å²) in [6, 6.07) is 10.2. The van der Waals surface area contributed by atoms with Gasteiger partial charge in [-0.3, -0.25) is 0 Å². The van der Waals surface area contributed by atoms with E-state index < -0.39 is 5.60 Å². The molecule has 0 saturated carbocycles. The molecule has 2 heterocycles. The van der Waals surface area contributed by atoms with E-state index in [1.807, 2.05) is 32.9 Å². The van der Waals surface area contributed by atoms with Gasteiger partial charge in [0.05, 0.1) is 6.54 Å². The van der Waals surface area contributed by atoms with Gasteiger partial charge in [0, 0.05) is 35.8 Å². The number of aromatic amines is 1. The van der Waals surface area contributed by atoms with E-state index in [9.17, 15) is 5.11 Å². The topological polar surface area (TPSA) is 85.6 Å². The molecule has 3 aromatic rings. The lowest BCUT2D eigenvalue weighted by Crippen LogP contribution is -2.39. The van der Waals surface area contributed by atoms with Crippen molar-refractivity contribution in [3.63, 3.8) is 0 Å². The van der Waals surface area contributed by atoms with Crippen LogP contribution in [0, 0.1) is 13.8 Å². The number of aromatic nitrogens is 1. The average Bonchev–Trinajstić information content (AvgIpc) is 3.23. The van der Waals surface area contributed by atoms with E-state index in [1.54, 1.807) is 6.92 Å². The summed E-state index contributed by atoms with van der Waals surface area (Å²) in [6.45, 7) is 9.29. The smallest absolute Gasteiger partial charge is 0.191 e. The number of benzene rings is 1. The Hall–Kier alpha value is -2.73. The molecule has 2 aromatic heterocycles. The highest BCUT2D eigenvalue weighted by molar-refractivity contribution is 5.83. The van der Waals surface area contributed by atoms with Crippen LogP contribution in [0.4, 0.5) is 0 Å². The standard InChI is InChI=1S/C22H30N4O2/c1-5-23-21(26-14-22(4,27)19-12-15(2)28-16(19)3)24-11-10-17-13-25-20-9-7-6-8-18(17)20/h6-9,12-13,25,27H,5,10-11,14H2,1-4H3,(H2,23,24,26). The number of nitrogens with one attached hydrogen (secondary N) is 3. The maximum Gasteiger partial charge on any atom is 0.191 e. The van der Waals surface area contributed by atoms with E-state index >= 15 is 0 Å². The Balaban J connectivity index is 1.63. The minimum absolute atomic E-state index is 0.245. The SMILES string of the molecule is CCNC(=NCC(C)(O)c1cc(C)oc1C)NCCc1c[nH]c2ccccc12. The summed E-state index contributed by atoms with van der Waals surface area (Å²) in [5.74, 6) is 2.22. The highest BCUT2D eigenvalue weighted by atomic mass is 16.3. The zero-order valence-electron chi connectivity index (χ0n) is 17.1. The van der Waals surface area contributed by atoms with Crippen LogP contribution in [0.3, 0.4) is 0 Å². The second-order valence-electron chi connectivity index (χ2n) is 7.33. The van der Waals surface area contributed by atoms with Gasteiger partial charge in [-0.05, 0) is 51.8 Å². The number of rotatable bonds is 7. The van der Waals surface area contributed by atoms with Crippen molar-refractivity contribution >= 4 is 16.9 Å². The van der Waals surface area contributed by atoms with E-state index in [0.29, 0.717) is 5.96 Å². The highest BCUT2D eigenvalue weighted by Crippen LogP contribution is 2.27. The zero-order valence-corrected chi connectivity index (χ0v) is 17.1. The van der Waals surface area contributed by atoms with Gasteiger partial charge >= 0.3 is 0 Å². The largest absolute Gasteiger partial charge is 0.466 e. The summed E-state index contributed by atoms with van der Waals surface area (Å²) >= 11 is 0. The summed E-state index contributed by atoms with van der Waals surface area (Å²) in [5, 5.41) is 18.7. The van der Waals surface area contributed by atoms with E-state index in [4.69, 9.17) is 4.42 Å². The number of aryl methyl sites for hydroxylation is 2. The molecule has 1 aromatic carbocycles. The molecule has 0 radical (unpaired) electrons. The molecule has 0 spiro atoms. The van der Waals surface area contributed by atoms with Crippen molar-refractivity contribution in [3.8, 4) is 0 Å². The van der Waals surface area contributed by atoms with Gasteiger partial charge in [0.15, 0.2) is 5.96 Å². The number of guanidine groups is 1. The van der Waals surface area contributed by atoms with Gasteiger partial charge in [-0.2, -0.15) is 0 Å². The van der Waals surface area contributed by atoms with Gasteiger partial charge < -0.3 is 25.1 Å². The average molecular weight is 383 g/mol. The van der Waals surface area contributed by atoms with Crippen molar-refractivity contribution in [1.82, 2.24) is 15.6 Å². The number of fused-ring (bicyclic) bond motifs is 1. The van der Waals surface area contributed by atoms with Crippen molar-refractivity contribution < 1.29 is 9.52 Å². The highest BCUT2D eigenvalue weighted by Gasteiger charge is 2.27. The maximum atomic E-state index is 10.9. The summed E-state index contributed by atoms with van der Waals surface area (Å²) < 4.78 is 5.55. The number of furan rings is 1. The first-order valence-electron chi connectivity index (χ1n) is 9.78. The minimum Gasteiger partial charge on any atom is -0.466 e. The fraction of sp³-hybridized carbons (Fsp3) is 0.409. The van der Waals surface area contributed by atoms with Crippen molar-refractivity contribution in [2.24, 2.45) is 4.99 Å². The third-order valence-corrected chi connectivity index (χ3v) is 4.87. The molecule has 1 unspecified atom stereocenters. The monoisotopic (exact) mass is 382 g/mol. The Labute approximate surface area is 166 Å². The van der Waals surface area contributed by atoms with Crippen LogP contribution in [0.5, 0.6) is 0 Å². The molecular weight excluding hydrogens is 352 g/mol. The second kappa shape index (κ2) is 8.52. The zero-order chi connectivity index (χ0) is 20.1. The van der Waals surface area contributed by atoms with Crippen molar-refractivity contribution in [2.75, 3.05) is 19.6 Å². The molecule has 0 bridgehead atoms. The fourth-order valence-electron chi connectivity index (χ4n) is 3.48. The Morgan fingerprint density at radius 2 is 2.04 bits per heavy atom. The first kappa shape index (κ1) is 20.0. The van der Waals surface area contributed by atoms with Crippen LogP contribution in [0.1, 0.15) is 36.5 Å². The van der Waals surface area contributed by atoms with Crippen molar-refractivity contribution in [1.29, 1.82) is 0 Å². The lowest BCUT2D eigenvalue weighted by molar-refractivity contribution is 0.0657. The van der Waals surface area contributed by atoms with Crippen LogP contribution in [0.25, 0.3) is 10.9 Å². The maximum absolute atomic E-state index is 10.9. The van der Waals surface area contributed by atoms with Gasteiger partial charge in [0.25, 0.3) is 0 Å². The van der Waals surface area contributed by atoms with Crippen LogP contribution >= 0.6 is 0 Å². The predicted octanol–water partition coefficient (Wildman–Crippen LogP) is 3.38. The summed E-state index contributed by atoms with van der Waals surface area (Å²) in [5.41, 5.74) is 2.12. The second-order valence-corrected chi connectivity index (χ2v) is 7.33. The molecule has 0 amide bonds. The molecule has 0 fully saturated rings. The first-order chi connectivity index (χ1) is 13.4. The number of aliphatic hydroxyl groups is 1. The predicted molar refractivity (Wildman–Crippen MR) is 114 cm³/mol. The van der Waals surface area contributed by atoms with Crippen LogP contribution in [0.2, 0.25) is 0 Å².